The van der Waals surface area contributed by atoms with E-state index in [2.05, 4.69) is 10.0 Å². The third-order valence-electron chi connectivity index (χ3n) is 7.47. The summed E-state index contributed by atoms with van der Waals surface area (Å²) >= 11 is 0. The third-order valence-corrected chi connectivity index (χ3v) is 8.88. The SMILES string of the molecule is CC(C)(CNS(=O)(=O)c1ccccc1)C(=O)NC1C2CC3CC1CC(C(N)=O)(C3)C2. The van der Waals surface area contributed by atoms with Crippen molar-refractivity contribution in [1.29, 1.82) is 0 Å². The number of carbonyl (C=O) groups is 2. The molecule has 5 rings (SSSR count). The summed E-state index contributed by atoms with van der Waals surface area (Å²) in [5, 5.41) is 3.21. The number of hydrogen-bond acceptors (Lipinski definition) is 4. The summed E-state index contributed by atoms with van der Waals surface area (Å²) in [5.74, 6) is 0.703. The molecule has 4 bridgehead atoms. The van der Waals surface area contributed by atoms with Gasteiger partial charge < -0.3 is 11.1 Å². The standard InChI is InChI=1S/C22H31N3O4S/c1-21(2,13-24-30(28,29)17-6-4-3-5-7-17)20(27)25-18-15-8-14-9-16(18)12-22(10-14,11-15)19(23)26/h3-7,14-16,18,24H,8-13H2,1-2H3,(H2,23,26)(H,25,27). The predicted molar refractivity (Wildman–Crippen MR) is 113 cm³/mol. The van der Waals surface area contributed by atoms with Gasteiger partial charge in [0.05, 0.1) is 10.3 Å². The summed E-state index contributed by atoms with van der Waals surface area (Å²) in [6, 6.07) is 8.17. The summed E-state index contributed by atoms with van der Waals surface area (Å²) in [4.78, 5) is 25.4. The number of nitrogens with one attached hydrogen (secondary N) is 2. The second-order valence-electron chi connectivity index (χ2n) is 10.1. The second kappa shape index (κ2) is 7.34. The summed E-state index contributed by atoms with van der Waals surface area (Å²) in [6.07, 6.45) is 4.44. The number of primary amides is 1. The van der Waals surface area contributed by atoms with Crippen LogP contribution in [-0.4, -0.2) is 32.8 Å². The molecule has 1 aromatic carbocycles. The average Bonchev–Trinajstić information content (AvgIpc) is 2.69. The topological polar surface area (TPSA) is 118 Å². The van der Waals surface area contributed by atoms with Crippen LogP contribution in [0.5, 0.6) is 0 Å². The Hall–Kier alpha value is -1.93. The lowest BCUT2D eigenvalue weighted by Crippen LogP contribution is -2.63. The first kappa shape index (κ1) is 21.3. The molecule has 164 valence electrons. The van der Waals surface area contributed by atoms with Gasteiger partial charge in [-0.1, -0.05) is 18.2 Å². The van der Waals surface area contributed by atoms with Gasteiger partial charge in [0.2, 0.25) is 21.8 Å². The predicted octanol–water partition coefficient (Wildman–Crippen LogP) is 1.79. The van der Waals surface area contributed by atoms with Gasteiger partial charge in [-0.2, -0.15) is 0 Å². The lowest BCUT2D eigenvalue weighted by Gasteiger charge is -2.59. The first-order chi connectivity index (χ1) is 14.0. The molecule has 0 aliphatic heterocycles. The van der Waals surface area contributed by atoms with E-state index in [4.69, 9.17) is 5.73 Å². The van der Waals surface area contributed by atoms with Gasteiger partial charge in [-0.25, -0.2) is 13.1 Å². The van der Waals surface area contributed by atoms with Crippen molar-refractivity contribution in [3.8, 4) is 0 Å². The largest absolute Gasteiger partial charge is 0.369 e. The van der Waals surface area contributed by atoms with Crippen molar-refractivity contribution in [2.75, 3.05) is 6.54 Å². The van der Waals surface area contributed by atoms with Gasteiger partial charge in [-0.3, -0.25) is 9.59 Å². The Morgan fingerprint density at radius 3 is 2.27 bits per heavy atom. The Labute approximate surface area is 178 Å². The van der Waals surface area contributed by atoms with E-state index in [1.807, 2.05) is 0 Å². The molecule has 7 nitrogen and oxygen atoms in total. The lowest BCUT2D eigenvalue weighted by molar-refractivity contribution is -0.148. The van der Waals surface area contributed by atoms with E-state index in [0.29, 0.717) is 5.92 Å². The van der Waals surface area contributed by atoms with Gasteiger partial charge in [0.1, 0.15) is 0 Å². The van der Waals surface area contributed by atoms with Crippen molar-refractivity contribution in [1.82, 2.24) is 10.0 Å². The van der Waals surface area contributed by atoms with E-state index in [1.165, 1.54) is 12.1 Å². The van der Waals surface area contributed by atoms with Crippen molar-refractivity contribution < 1.29 is 18.0 Å². The lowest BCUT2D eigenvalue weighted by atomic mass is 9.47. The first-order valence-electron chi connectivity index (χ1n) is 10.7. The van der Waals surface area contributed by atoms with Gasteiger partial charge >= 0.3 is 0 Å². The normalized spacial score (nSPS) is 32.7. The third kappa shape index (κ3) is 3.75. The van der Waals surface area contributed by atoms with E-state index < -0.39 is 20.9 Å². The average molecular weight is 434 g/mol. The smallest absolute Gasteiger partial charge is 0.240 e. The molecule has 4 saturated carbocycles. The summed E-state index contributed by atoms with van der Waals surface area (Å²) in [7, 11) is -3.68. The van der Waals surface area contributed by atoms with Crippen LogP contribution in [0.3, 0.4) is 0 Å². The molecule has 4 aliphatic carbocycles. The fourth-order valence-corrected chi connectivity index (χ4v) is 7.18. The van der Waals surface area contributed by atoms with Crippen LogP contribution in [0.1, 0.15) is 46.0 Å². The van der Waals surface area contributed by atoms with Crippen LogP contribution in [0, 0.1) is 28.6 Å². The number of nitrogens with two attached hydrogens (primary N) is 1. The molecule has 4 N–H and O–H groups in total. The molecule has 8 heteroatoms. The Morgan fingerprint density at radius 1 is 1.10 bits per heavy atom. The van der Waals surface area contributed by atoms with Crippen molar-refractivity contribution in [2.45, 2.75) is 56.9 Å². The highest BCUT2D eigenvalue weighted by atomic mass is 32.2. The summed E-state index contributed by atoms with van der Waals surface area (Å²) in [6.45, 7) is 3.50. The zero-order chi connectivity index (χ0) is 21.7. The highest BCUT2D eigenvalue weighted by Crippen LogP contribution is 2.60. The minimum Gasteiger partial charge on any atom is -0.369 e. The maximum atomic E-state index is 13.1. The minimum absolute atomic E-state index is 0.00592. The Morgan fingerprint density at radius 2 is 1.70 bits per heavy atom. The van der Waals surface area contributed by atoms with Crippen LogP contribution in [0.15, 0.2) is 35.2 Å². The van der Waals surface area contributed by atoms with Gasteiger partial charge in [-0.15, -0.1) is 0 Å². The summed E-state index contributed by atoms with van der Waals surface area (Å²) < 4.78 is 27.6. The fourth-order valence-electron chi connectivity index (χ4n) is 5.95. The minimum atomic E-state index is -3.68. The molecule has 0 spiro atoms. The van der Waals surface area contributed by atoms with Crippen LogP contribution in [0.25, 0.3) is 0 Å². The van der Waals surface area contributed by atoms with E-state index in [0.717, 1.165) is 32.1 Å². The molecule has 0 radical (unpaired) electrons. The number of sulfonamides is 1. The molecular weight excluding hydrogens is 402 g/mol. The molecule has 1 aromatic rings. The van der Waals surface area contributed by atoms with Crippen molar-refractivity contribution in [3.63, 3.8) is 0 Å². The Balaban J connectivity index is 1.41. The number of benzene rings is 1. The molecule has 2 amide bonds. The zero-order valence-corrected chi connectivity index (χ0v) is 18.4. The van der Waals surface area contributed by atoms with E-state index in [1.54, 1.807) is 32.0 Å². The van der Waals surface area contributed by atoms with Crippen molar-refractivity contribution in [2.24, 2.45) is 34.3 Å². The van der Waals surface area contributed by atoms with Crippen LogP contribution in [0.4, 0.5) is 0 Å². The number of amides is 2. The van der Waals surface area contributed by atoms with Crippen LogP contribution >= 0.6 is 0 Å². The highest BCUT2D eigenvalue weighted by molar-refractivity contribution is 7.89. The maximum Gasteiger partial charge on any atom is 0.240 e. The molecule has 4 fully saturated rings. The van der Waals surface area contributed by atoms with Gasteiger partial charge in [-0.05, 0) is 75.8 Å². The second-order valence-corrected chi connectivity index (χ2v) is 11.9. The van der Waals surface area contributed by atoms with E-state index in [-0.39, 0.29) is 41.1 Å². The fraction of sp³-hybridized carbons (Fsp3) is 0.636. The molecule has 4 aliphatic rings. The van der Waals surface area contributed by atoms with Crippen molar-refractivity contribution >= 4 is 21.8 Å². The quantitative estimate of drug-likeness (QED) is 0.607. The number of hydrogen-bond donors (Lipinski definition) is 3. The van der Waals surface area contributed by atoms with Gasteiger partial charge in [0.25, 0.3) is 0 Å². The zero-order valence-electron chi connectivity index (χ0n) is 17.6. The van der Waals surface area contributed by atoms with Crippen LogP contribution in [0.2, 0.25) is 0 Å². The van der Waals surface area contributed by atoms with Gasteiger partial charge in [0.15, 0.2) is 0 Å². The van der Waals surface area contributed by atoms with E-state index >= 15 is 0 Å². The maximum absolute atomic E-state index is 13.1. The Kier molecular flexibility index (Phi) is 5.21. The highest BCUT2D eigenvalue weighted by Gasteiger charge is 2.58. The molecule has 2 unspecified atom stereocenters. The molecule has 0 heterocycles. The van der Waals surface area contributed by atoms with Crippen molar-refractivity contribution in [3.05, 3.63) is 30.3 Å². The van der Waals surface area contributed by atoms with Crippen LogP contribution < -0.4 is 15.8 Å². The number of carbonyl (C=O) groups excluding carboxylic acids is 2. The number of rotatable bonds is 7. The molecule has 0 aromatic heterocycles. The Bertz CT molecular complexity index is 928. The van der Waals surface area contributed by atoms with Gasteiger partial charge in [0, 0.05) is 18.0 Å². The monoisotopic (exact) mass is 433 g/mol. The molecule has 30 heavy (non-hydrogen) atoms. The molecular formula is C22H31N3O4S. The molecule has 0 saturated heterocycles. The molecule has 2 atom stereocenters. The van der Waals surface area contributed by atoms with Crippen LogP contribution in [-0.2, 0) is 19.6 Å². The first-order valence-corrected chi connectivity index (χ1v) is 12.2. The summed E-state index contributed by atoms with van der Waals surface area (Å²) in [5.41, 5.74) is 4.45. The van der Waals surface area contributed by atoms with E-state index in [9.17, 15) is 18.0 Å².